The third-order valence-electron chi connectivity index (χ3n) is 2.09. The zero-order valence-electron chi connectivity index (χ0n) is 6.49. The summed E-state index contributed by atoms with van der Waals surface area (Å²) in [5, 5.41) is 17.9. The molecule has 3 nitrogen and oxygen atoms in total. The number of aliphatic hydroxyl groups excluding tert-OH is 1. The summed E-state index contributed by atoms with van der Waals surface area (Å²) in [6.45, 7) is 1.31. The van der Waals surface area contributed by atoms with Gasteiger partial charge in [-0.25, -0.2) is 0 Å². The van der Waals surface area contributed by atoms with Gasteiger partial charge in [0, 0.05) is 25.6 Å². The van der Waals surface area contributed by atoms with Crippen LogP contribution in [0, 0.1) is 17.2 Å². The predicted octanol–water partition coefficient (Wildman–Crippen LogP) is 0.688. The Bertz CT molecular complexity index is 153. The van der Waals surface area contributed by atoms with E-state index < -0.39 is 0 Å². The van der Waals surface area contributed by atoms with E-state index in [-0.39, 0.29) is 12.0 Å². The van der Waals surface area contributed by atoms with E-state index in [4.69, 9.17) is 10.00 Å². The smallest absolute Gasteiger partial charge is 0.0625 e. The van der Waals surface area contributed by atoms with Crippen molar-refractivity contribution in [3.05, 3.63) is 0 Å². The van der Waals surface area contributed by atoms with Gasteiger partial charge in [-0.3, -0.25) is 0 Å². The number of rotatable bonds is 1. The molecular formula is C8H13NO2. The van der Waals surface area contributed by atoms with E-state index in [0.29, 0.717) is 26.1 Å². The fraction of sp³-hybridized carbons (Fsp3) is 0.875. The minimum Gasteiger partial charge on any atom is -0.393 e. The highest BCUT2D eigenvalue weighted by molar-refractivity contribution is 4.81. The van der Waals surface area contributed by atoms with Crippen LogP contribution in [0.5, 0.6) is 0 Å². The third-order valence-corrected chi connectivity index (χ3v) is 2.09. The molecule has 0 radical (unpaired) electrons. The molecule has 0 aromatic carbocycles. The monoisotopic (exact) mass is 155 g/mol. The van der Waals surface area contributed by atoms with Crippen molar-refractivity contribution in [2.45, 2.75) is 25.4 Å². The van der Waals surface area contributed by atoms with E-state index in [9.17, 15) is 5.11 Å². The van der Waals surface area contributed by atoms with Crippen molar-refractivity contribution in [1.82, 2.24) is 0 Å². The lowest BCUT2D eigenvalue weighted by molar-refractivity contribution is 0.0981. The number of ether oxygens (including phenoxy) is 1. The van der Waals surface area contributed by atoms with Gasteiger partial charge in [-0.15, -0.1) is 0 Å². The van der Waals surface area contributed by atoms with Crippen molar-refractivity contribution in [1.29, 1.82) is 5.26 Å². The molecular weight excluding hydrogens is 142 g/mol. The normalized spacial score (nSPS) is 32.4. The zero-order valence-corrected chi connectivity index (χ0v) is 6.49. The maximum atomic E-state index is 9.45. The molecule has 3 heteroatoms. The van der Waals surface area contributed by atoms with Gasteiger partial charge in [0.1, 0.15) is 0 Å². The van der Waals surface area contributed by atoms with Crippen molar-refractivity contribution in [2.24, 2.45) is 5.92 Å². The van der Waals surface area contributed by atoms with Crippen LogP contribution in [0.25, 0.3) is 0 Å². The zero-order chi connectivity index (χ0) is 8.10. The molecule has 1 heterocycles. The molecule has 1 rings (SSSR count). The standard InChI is InChI=1S/C8H13NO2/c9-4-1-7-2-5-11-6-3-8(7)10/h7-8,10H,1-3,5-6H2/t7-,8-/m0/s1. The molecule has 1 fully saturated rings. The van der Waals surface area contributed by atoms with Crippen molar-refractivity contribution in [2.75, 3.05) is 13.2 Å². The van der Waals surface area contributed by atoms with Crippen LogP contribution in [0.1, 0.15) is 19.3 Å². The Kier molecular flexibility index (Phi) is 3.34. The summed E-state index contributed by atoms with van der Waals surface area (Å²) in [5.74, 6) is 0.127. The van der Waals surface area contributed by atoms with E-state index in [0.717, 1.165) is 6.42 Å². The third kappa shape index (κ3) is 2.49. The lowest BCUT2D eigenvalue weighted by atomic mass is 9.95. The SMILES string of the molecule is N#CC[C@H]1CCOCC[C@@H]1O. The molecule has 0 aromatic rings. The number of hydrogen-bond acceptors (Lipinski definition) is 3. The topological polar surface area (TPSA) is 53.2 Å². The summed E-state index contributed by atoms with van der Waals surface area (Å²) in [4.78, 5) is 0. The molecule has 1 aliphatic heterocycles. The summed E-state index contributed by atoms with van der Waals surface area (Å²) < 4.78 is 5.17. The first-order valence-corrected chi connectivity index (χ1v) is 3.97. The van der Waals surface area contributed by atoms with Gasteiger partial charge in [0.25, 0.3) is 0 Å². The Morgan fingerprint density at radius 2 is 2.18 bits per heavy atom. The molecule has 62 valence electrons. The summed E-state index contributed by atoms with van der Waals surface area (Å²) in [5.41, 5.74) is 0. The second kappa shape index (κ2) is 4.32. The highest BCUT2D eigenvalue weighted by Gasteiger charge is 2.21. The largest absolute Gasteiger partial charge is 0.393 e. The van der Waals surface area contributed by atoms with E-state index in [1.54, 1.807) is 0 Å². The van der Waals surface area contributed by atoms with Crippen molar-refractivity contribution in [3.8, 4) is 6.07 Å². The molecule has 0 saturated carbocycles. The summed E-state index contributed by atoms with van der Waals surface area (Å²) in [6, 6.07) is 2.08. The summed E-state index contributed by atoms with van der Waals surface area (Å²) >= 11 is 0. The van der Waals surface area contributed by atoms with Gasteiger partial charge < -0.3 is 9.84 Å². The van der Waals surface area contributed by atoms with Crippen LogP contribution in [0.2, 0.25) is 0 Å². The van der Waals surface area contributed by atoms with Gasteiger partial charge in [-0.05, 0) is 12.8 Å². The molecule has 0 amide bonds. The first-order valence-electron chi connectivity index (χ1n) is 3.97. The Morgan fingerprint density at radius 3 is 2.91 bits per heavy atom. The minimum absolute atomic E-state index is 0.127. The Morgan fingerprint density at radius 1 is 1.45 bits per heavy atom. The Labute approximate surface area is 66.6 Å². The molecule has 1 aliphatic rings. The number of nitrogens with zero attached hydrogens (tertiary/aromatic N) is 1. The second-order valence-corrected chi connectivity index (χ2v) is 2.88. The number of hydrogen-bond donors (Lipinski definition) is 1. The van der Waals surface area contributed by atoms with Gasteiger partial charge in [0.15, 0.2) is 0 Å². The number of aliphatic hydroxyl groups is 1. The van der Waals surface area contributed by atoms with Gasteiger partial charge in [0.05, 0.1) is 12.2 Å². The van der Waals surface area contributed by atoms with Crippen molar-refractivity contribution >= 4 is 0 Å². The molecule has 0 unspecified atom stereocenters. The molecule has 1 N–H and O–H groups in total. The molecule has 0 bridgehead atoms. The molecule has 2 atom stereocenters. The van der Waals surface area contributed by atoms with Gasteiger partial charge in [-0.1, -0.05) is 0 Å². The first kappa shape index (κ1) is 8.51. The molecule has 11 heavy (non-hydrogen) atoms. The van der Waals surface area contributed by atoms with Gasteiger partial charge >= 0.3 is 0 Å². The Balaban J connectivity index is 2.40. The van der Waals surface area contributed by atoms with Crippen LogP contribution >= 0.6 is 0 Å². The van der Waals surface area contributed by atoms with Gasteiger partial charge in [0.2, 0.25) is 0 Å². The quantitative estimate of drug-likeness (QED) is 0.606. The Hall–Kier alpha value is -0.590. The molecule has 0 aliphatic carbocycles. The van der Waals surface area contributed by atoms with Crippen LogP contribution in [-0.4, -0.2) is 24.4 Å². The average Bonchev–Trinajstić information content (AvgIpc) is 2.18. The fourth-order valence-electron chi connectivity index (χ4n) is 1.32. The van der Waals surface area contributed by atoms with Crippen LogP contribution in [0.4, 0.5) is 0 Å². The first-order chi connectivity index (χ1) is 5.34. The highest BCUT2D eigenvalue weighted by Crippen LogP contribution is 2.19. The molecule has 1 saturated heterocycles. The lowest BCUT2D eigenvalue weighted by Gasteiger charge is -2.15. The van der Waals surface area contributed by atoms with Crippen molar-refractivity contribution in [3.63, 3.8) is 0 Å². The van der Waals surface area contributed by atoms with E-state index >= 15 is 0 Å². The van der Waals surface area contributed by atoms with E-state index in [1.165, 1.54) is 0 Å². The van der Waals surface area contributed by atoms with Crippen LogP contribution in [0.15, 0.2) is 0 Å². The molecule has 0 aromatic heterocycles. The maximum absolute atomic E-state index is 9.45. The highest BCUT2D eigenvalue weighted by atomic mass is 16.5. The van der Waals surface area contributed by atoms with Crippen LogP contribution in [0.3, 0.4) is 0 Å². The molecule has 0 spiro atoms. The van der Waals surface area contributed by atoms with Crippen LogP contribution < -0.4 is 0 Å². The second-order valence-electron chi connectivity index (χ2n) is 2.88. The number of nitriles is 1. The predicted molar refractivity (Wildman–Crippen MR) is 39.8 cm³/mol. The lowest BCUT2D eigenvalue weighted by Crippen LogP contribution is -2.19. The van der Waals surface area contributed by atoms with Crippen molar-refractivity contribution < 1.29 is 9.84 Å². The fourth-order valence-corrected chi connectivity index (χ4v) is 1.32. The summed E-state index contributed by atoms with van der Waals surface area (Å²) in [6.07, 6.45) is 1.60. The van der Waals surface area contributed by atoms with E-state index in [1.807, 2.05) is 0 Å². The average molecular weight is 155 g/mol. The summed E-state index contributed by atoms with van der Waals surface area (Å²) in [7, 11) is 0. The van der Waals surface area contributed by atoms with Gasteiger partial charge in [-0.2, -0.15) is 5.26 Å². The van der Waals surface area contributed by atoms with E-state index in [2.05, 4.69) is 6.07 Å². The maximum Gasteiger partial charge on any atom is 0.0625 e. The van der Waals surface area contributed by atoms with Crippen LogP contribution in [-0.2, 0) is 4.74 Å². The minimum atomic E-state index is -0.336.